The van der Waals surface area contributed by atoms with E-state index in [0.717, 1.165) is 16.9 Å². The lowest BCUT2D eigenvalue weighted by Crippen LogP contribution is -2.33. The summed E-state index contributed by atoms with van der Waals surface area (Å²) in [5.41, 5.74) is 2.63. The minimum Gasteiger partial charge on any atom is -0.383 e. The zero-order valence-electron chi connectivity index (χ0n) is 18.8. The zero-order valence-corrected chi connectivity index (χ0v) is 19.6. The summed E-state index contributed by atoms with van der Waals surface area (Å²) >= 11 is 1.43. The van der Waals surface area contributed by atoms with Gasteiger partial charge < -0.3 is 19.9 Å². The molecule has 0 unspecified atom stereocenters. The molecule has 0 atom stereocenters. The van der Waals surface area contributed by atoms with Crippen molar-refractivity contribution in [3.63, 3.8) is 0 Å². The molecule has 0 fully saturated rings. The number of carbonyl (C=O) groups excluding carboxylic acids is 2. The lowest BCUT2D eigenvalue weighted by Gasteiger charge is -2.26. The molecule has 0 aliphatic carbocycles. The number of benzene rings is 1. The molecule has 2 aromatic rings. The summed E-state index contributed by atoms with van der Waals surface area (Å²) in [5, 5.41) is 4.90. The van der Waals surface area contributed by atoms with Gasteiger partial charge in [0, 0.05) is 52.1 Å². The average molecular weight is 432 g/mol. The molecule has 0 aliphatic heterocycles. The molecule has 164 valence electrons. The highest BCUT2D eigenvalue weighted by molar-refractivity contribution is 7.12. The second-order valence-electron chi connectivity index (χ2n) is 8.72. The highest BCUT2D eigenvalue weighted by Crippen LogP contribution is 2.26. The van der Waals surface area contributed by atoms with Crippen molar-refractivity contribution in [1.29, 1.82) is 0 Å². The Kier molecular flexibility index (Phi) is 8.43. The molecule has 1 N–H and O–H groups in total. The van der Waals surface area contributed by atoms with Gasteiger partial charge in [-0.25, -0.2) is 0 Å². The van der Waals surface area contributed by atoms with Gasteiger partial charge in [0.15, 0.2) is 0 Å². The third-order valence-electron chi connectivity index (χ3n) is 4.48. The molecule has 7 heteroatoms. The van der Waals surface area contributed by atoms with E-state index in [9.17, 15) is 9.59 Å². The van der Waals surface area contributed by atoms with E-state index in [2.05, 4.69) is 5.32 Å². The normalized spacial score (nSPS) is 11.3. The number of methoxy groups -OCH3 is 1. The van der Waals surface area contributed by atoms with E-state index in [1.165, 1.54) is 11.3 Å². The molecule has 0 aliphatic rings. The standard InChI is InChI=1S/C23H33N3O3S/c1-23(2,3)15-21(27)24-18-9-10-19(25(4)5)17(14-18)16-26(11-12-29-6)22(28)20-8-7-13-30-20/h7-10,13-14H,11-12,15-16H2,1-6H3,(H,24,27). The van der Waals surface area contributed by atoms with Gasteiger partial charge in [-0.3, -0.25) is 9.59 Å². The fourth-order valence-corrected chi connectivity index (χ4v) is 3.82. The molecule has 0 saturated carbocycles. The number of hydrogen-bond donors (Lipinski definition) is 1. The Bertz CT molecular complexity index is 842. The van der Waals surface area contributed by atoms with E-state index in [-0.39, 0.29) is 17.2 Å². The van der Waals surface area contributed by atoms with Crippen LogP contribution in [0.3, 0.4) is 0 Å². The summed E-state index contributed by atoms with van der Waals surface area (Å²) in [6.07, 6.45) is 0.439. The Morgan fingerprint density at radius 3 is 2.47 bits per heavy atom. The van der Waals surface area contributed by atoms with Crippen LogP contribution in [0.4, 0.5) is 11.4 Å². The van der Waals surface area contributed by atoms with Crippen molar-refractivity contribution in [2.75, 3.05) is 44.6 Å². The molecule has 6 nitrogen and oxygen atoms in total. The summed E-state index contributed by atoms with van der Waals surface area (Å²) in [5.74, 6) is -0.0362. The van der Waals surface area contributed by atoms with Crippen LogP contribution < -0.4 is 10.2 Å². The van der Waals surface area contributed by atoms with Crippen LogP contribution in [0, 0.1) is 5.41 Å². The van der Waals surface area contributed by atoms with Crippen molar-refractivity contribution >= 4 is 34.5 Å². The minimum absolute atomic E-state index is 0.0167. The third kappa shape index (κ3) is 7.15. The second kappa shape index (κ2) is 10.6. The van der Waals surface area contributed by atoms with Gasteiger partial charge >= 0.3 is 0 Å². The van der Waals surface area contributed by atoms with Crippen LogP contribution in [-0.2, 0) is 16.1 Å². The van der Waals surface area contributed by atoms with E-state index in [0.29, 0.717) is 31.0 Å². The van der Waals surface area contributed by atoms with Gasteiger partial charge in [0.05, 0.1) is 11.5 Å². The van der Waals surface area contributed by atoms with Crippen LogP contribution >= 0.6 is 11.3 Å². The molecular weight excluding hydrogens is 398 g/mol. The molecule has 1 heterocycles. The van der Waals surface area contributed by atoms with Crippen LogP contribution in [0.1, 0.15) is 42.4 Å². The van der Waals surface area contributed by atoms with Crippen LogP contribution in [0.5, 0.6) is 0 Å². The van der Waals surface area contributed by atoms with E-state index in [4.69, 9.17) is 4.74 Å². The molecule has 2 amide bonds. The third-order valence-corrected chi connectivity index (χ3v) is 5.34. The van der Waals surface area contributed by atoms with Gasteiger partial charge in [-0.05, 0) is 40.6 Å². The Morgan fingerprint density at radius 2 is 1.90 bits per heavy atom. The smallest absolute Gasteiger partial charge is 0.264 e. The minimum atomic E-state index is -0.0828. The Hall–Kier alpha value is -2.38. The van der Waals surface area contributed by atoms with Gasteiger partial charge in [-0.2, -0.15) is 0 Å². The number of amides is 2. The summed E-state index contributed by atoms with van der Waals surface area (Å²) in [4.78, 5) is 29.9. The second-order valence-corrected chi connectivity index (χ2v) is 9.67. The Morgan fingerprint density at radius 1 is 1.17 bits per heavy atom. The Labute approximate surface area is 183 Å². The van der Waals surface area contributed by atoms with Gasteiger partial charge in [-0.15, -0.1) is 11.3 Å². The number of ether oxygens (including phenoxy) is 1. The molecule has 1 aromatic heterocycles. The van der Waals surface area contributed by atoms with Crippen molar-refractivity contribution in [2.45, 2.75) is 33.7 Å². The van der Waals surface area contributed by atoms with Gasteiger partial charge in [0.2, 0.25) is 5.91 Å². The quantitative estimate of drug-likeness (QED) is 0.636. The fourth-order valence-electron chi connectivity index (χ4n) is 3.13. The molecule has 0 radical (unpaired) electrons. The summed E-state index contributed by atoms with van der Waals surface area (Å²) < 4.78 is 5.22. The fraction of sp³-hybridized carbons (Fsp3) is 0.478. The van der Waals surface area contributed by atoms with Crippen LogP contribution in [0.2, 0.25) is 0 Å². The predicted molar refractivity (Wildman–Crippen MR) is 124 cm³/mol. The first-order chi connectivity index (χ1) is 14.1. The van der Waals surface area contributed by atoms with Crippen molar-refractivity contribution in [2.24, 2.45) is 5.41 Å². The summed E-state index contributed by atoms with van der Waals surface area (Å²) in [6, 6.07) is 9.55. The van der Waals surface area contributed by atoms with Crippen molar-refractivity contribution in [3.8, 4) is 0 Å². The van der Waals surface area contributed by atoms with Gasteiger partial charge in [0.1, 0.15) is 0 Å². The number of hydrogen-bond acceptors (Lipinski definition) is 5. The van der Waals surface area contributed by atoms with Crippen molar-refractivity contribution in [1.82, 2.24) is 4.90 Å². The predicted octanol–water partition coefficient (Wildman–Crippen LogP) is 4.48. The molecule has 0 saturated heterocycles. The van der Waals surface area contributed by atoms with Gasteiger partial charge in [-0.1, -0.05) is 26.8 Å². The molecule has 2 rings (SSSR count). The van der Waals surface area contributed by atoms with Crippen LogP contribution in [0.15, 0.2) is 35.7 Å². The van der Waals surface area contributed by atoms with Crippen LogP contribution in [0.25, 0.3) is 0 Å². The summed E-state index contributed by atoms with van der Waals surface area (Å²) in [6.45, 7) is 7.48. The van der Waals surface area contributed by atoms with Crippen molar-refractivity contribution < 1.29 is 14.3 Å². The maximum atomic E-state index is 13.0. The maximum Gasteiger partial charge on any atom is 0.264 e. The molecular formula is C23H33N3O3S. The first-order valence-electron chi connectivity index (χ1n) is 10.0. The number of rotatable bonds is 9. The topological polar surface area (TPSA) is 61.9 Å². The zero-order chi connectivity index (χ0) is 22.3. The molecule has 0 bridgehead atoms. The Balaban J connectivity index is 2.28. The molecule has 0 spiro atoms. The number of nitrogens with one attached hydrogen (secondary N) is 1. The maximum absolute atomic E-state index is 13.0. The molecule has 30 heavy (non-hydrogen) atoms. The highest BCUT2D eigenvalue weighted by atomic mass is 32.1. The van der Waals surface area contributed by atoms with E-state index < -0.39 is 0 Å². The molecule has 1 aromatic carbocycles. The first-order valence-corrected chi connectivity index (χ1v) is 10.9. The number of nitrogens with zero attached hydrogens (tertiary/aromatic N) is 2. The van der Waals surface area contributed by atoms with E-state index in [1.54, 1.807) is 12.0 Å². The average Bonchev–Trinajstić information content (AvgIpc) is 3.17. The summed E-state index contributed by atoms with van der Waals surface area (Å²) in [7, 11) is 5.57. The number of anilines is 2. The van der Waals surface area contributed by atoms with Crippen LogP contribution in [-0.4, -0.2) is 51.1 Å². The van der Waals surface area contributed by atoms with Crippen molar-refractivity contribution in [3.05, 3.63) is 46.2 Å². The van der Waals surface area contributed by atoms with Gasteiger partial charge in [0.25, 0.3) is 5.91 Å². The monoisotopic (exact) mass is 431 g/mol. The number of carbonyl (C=O) groups is 2. The van der Waals surface area contributed by atoms with E-state index >= 15 is 0 Å². The van der Waals surface area contributed by atoms with E-state index in [1.807, 2.05) is 75.5 Å². The highest BCUT2D eigenvalue weighted by Gasteiger charge is 2.20. The lowest BCUT2D eigenvalue weighted by atomic mass is 9.92. The number of thiophene rings is 1. The SMILES string of the molecule is COCCN(Cc1cc(NC(=O)CC(C)(C)C)ccc1N(C)C)C(=O)c1cccs1. The lowest BCUT2D eigenvalue weighted by molar-refractivity contribution is -0.117. The first kappa shape index (κ1) is 23.9. The largest absolute Gasteiger partial charge is 0.383 e.